The van der Waals surface area contributed by atoms with Crippen molar-refractivity contribution in [2.75, 3.05) is 0 Å². The van der Waals surface area contributed by atoms with Crippen molar-refractivity contribution in [1.82, 2.24) is 0 Å². The fraction of sp³-hybridized carbons (Fsp3) is 0.500. The first-order chi connectivity index (χ1) is 11.3. The lowest BCUT2D eigenvalue weighted by Crippen LogP contribution is -2.37. The van der Waals surface area contributed by atoms with E-state index < -0.39 is 29.2 Å². The minimum atomic E-state index is -1.67. The fourth-order valence-electron chi connectivity index (χ4n) is 1.41. The first-order valence-corrected chi connectivity index (χ1v) is 7.71. The highest BCUT2D eigenvalue weighted by Gasteiger charge is 2.33. The number of esters is 2. The van der Waals surface area contributed by atoms with Gasteiger partial charge < -0.3 is 19.3 Å². The fourth-order valence-corrected chi connectivity index (χ4v) is 1.41. The number of hydrogen-bond acceptors (Lipinski definition) is 7. The molecule has 0 amide bonds. The Hall–Kier alpha value is -2.57. The van der Waals surface area contributed by atoms with Crippen molar-refractivity contribution in [2.24, 2.45) is 10.8 Å². The molecule has 1 aromatic carbocycles. The van der Waals surface area contributed by atoms with E-state index in [4.69, 9.17) is 14.2 Å². The summed E-state index contributed by atoms with van der Waals surface area (Å²) in [5, 5.41) is 9.89. The van der Waals surface area contributed by atoms with Crippen LogP contribution in [-0.4, -0.2) is 29.8 Å². The number of carbonyl (C=O) groups excluding carboxylic acids is 3. The van der Waals surface area contributed by atoms with Crippen LogP contribution in [0.4, 0.5) is 0 Å². The summed E-state index contributed by atoms with van der Waals surface area (Å²) in [6.45, 7) is 8.12. The predicted molar refractivity (Wildman–Crippen MR) is 89.0 cm³/mol. The topological polar surface area (TPSA) is 99.1 Å². The van der Waals surface area contributed by atoms with E-state index in [1.165, 1.54) is 18.2 Å². The third-order valence-electron chi connectivity index (χ3n) is 2.97. The summed E-state index contributed by atoms with van der Waals surface area (Å²) in [5.74, 6) is -1.75. The third kappa shape index (κ3) is 6.10. The predicted octanol–water partition coefficient (Wildman–Crippen LogP) is 3.05. The maximum atomic E-state index is 12.1. The van der Waals surface area contributed by atoms with Crippen molar-refractivity contribution >= 4 is 18.2 Å². The average Bonchev–Trinajstić information content (AvgIpc) is 2.47. The number of ether oxygens (including phenoxy) is 3. The van der Waals surface area contributed by atoms with Gasteiger partial charge in [-0.25, -0.2) is 0 Å². The molecule has 0 radical (unpaired) electrons. The highest BCUT2D eigenvalue weighted by molar-refractivity contribution is 5.77. The zero-order valence-corrected chi connectivity index (χ0v) is 15.3. The van der Waals surface area contributed by atoms with Crippen molar-refractivity contribution in [1.29, 1.82) is 0 Å². The number of aromatic hydroxyl groups is 1. The van der Waals surface area contributed by atoms with Crippen LogP contribution >= 0.6 is 0 Å². The van der Waals surface area contributed by atoms with Crippen LogP contribution in [0.2, 0.25) is 0 Å². The van der Waals surface area contributed by atoms with Gasteiger partial charge in [-0.05, 0) is 59.7 Å². The minimum Gasteiger partial charge on any atom is -0.504 e. The zero-order valence-electron chi connectivity index (χ0n) is 15.3. The van der Waals surface area contributed by atoms with Gasteiger partial charge in [-0.1, -0.05) is 0 Å². The molecule has 0 bridgehead atoms. The molecule has 0 unspecified atom stereocenters. The Morgan fingerprint density at radius 2 is 1.48 bits per heavy atom. The average molecular weight is 352 g/mol. The summed E-state index contributed by atoms with van der Waals surface area (Å²) in [6, 6.07) is 3.88. The summed E-state index contributed by atoms with van der Waals surface area (Å²) in [7, 11) is 0. The molecule has 0 spiro atoms. The van der Waals surface area contributed by atoms with Gasteiger partial charge in [0.2, 0.25) is 0 Å². The number of aldehydes is 1. The second-order valence-corrected chi connectivity index (χ2v) is 7.56. The molecular weight excluding hydrogens is 328 g/mol. The molecule has 0 heterocycles. The van der Waals surface area contributed by atoms with Crippen LogP contribution in [0.1, 0.15) is 51.9 Å². The van der Waals surface area contributed by atoms with E-state index in [0.29, 0.717) is 6.29 Å². The van der Waals surface area contributed by atoms with Gasteiger partial charge in [-0.3, -0.25) is 14.4 Å². The Bertz CT molecular complexity index is 622. The second-order valence-electron chi connectivity index (χ2n) is 7.56. The molecule has 1 rings (SSSR count). The van der Waals surface area contributed by atoms with Crippen LogP contribution in [0.25, 0.3) is 0 Å². The normalized spacial score (nSPS) is 11.8. The number of benzene rings is 1. The Balaban J connectivity index is 3.03. The molecular formula is C18H24O7. The monoisotopic (exact) mass is 352 g/mol. The maximum Gasteiger partial charge on any atom is 0.410 e. The molecule has 0 aliphatic rings. The molecule has 7 heteroatoms. The van der Waals surface area contributed by atoms with Gasteiger partial charge in [0, 0.05) is 5.56 Å². The molecule has 25 heavy (non-hydrogen) atoms. The summed E-state index contributed by atoms with van der Waals surface area (Å²) in [5.41, 5.74) is -1.46. The van der Waals surface area contributed by atoms with E-state index in [1.54, 1.807) is 41.5 Å². The summed E-state index contributed by atoms with van der Waals surface area (Å²) >= 11 is 0. The van der Waals surface area contributed by atoms with Gasteiger partial charge in [0.05, 0.1) is 10.8 Å². The van der Waals surface area contributed by atoms with Crippen LogP contribution in [0.15, 0.2) is 18.2 Å². The van der Waals surface area contributed by atoms with Crippen LogP contribution in [0.3, 0.4) is 0 Å². The zero-order chi connectivity index (χ0) is 19.4. The Kier molecular flexibility index (Phi) is 6.18. The first-order valence-electron chi connectivity index (χ1n) is 7.71. The number of phenolic OH excluding ortho intramolecular Hbond substituents is 1. The van der Waals surface area contributed by atoms with Crippen molar-refractivity contribution in [3.05, 3.63) is 23.8 Å². The lowest BCUT2D eigenvalue weighted by Gasteiger charge is -2.26. The number of carbonyl (C=O) groups is 3. The smallest absolute Gasteiger partial charge is 0.410 e. The Morgan fingerprint density at radius 3 is 1.84 bits per heavy atom. The van der Waals surface area contributed by atoms with Gasteiger partial charge in [0.1, 0.15) is 6.29 Å². The summed E-state index contributed by atoms with van der Waals surface area (Å²) in [4.78, 5) is 34.9. The molecule has 7 nitrogen and oxygen atoms in total. The molecule has 1 N–H and O–H groups in total. The van der Waals surface area contributed by atoms with Crippen LogP contribution < -0.4 is 4.74 Å². The van der Waals surface area contributed by atoms with Crippen molar-refractivity contribution in [3.63, 3.8) is 0 Å². The Morgan fingerprint density at radius 1 is 1.00 bits per heavy atom. The molecule has 0 aromatic heterocycles. The van der Waals surface area contributed by atoms with E-state index in [-0.39, 0.29) is 17.1 Å². The molecule has 0 aliphatic heterocycles. The van der Waals surface area contributed by atoms with E-state index in [0.717, 1.165) is 0 Å². The summed E-state index contributed by atoms with van der Waals surface area (Å²) < 4.78 is 15.5. The number of hydrogen-bond donors (Lipinski definition) is 1. The summed E-state index contributed by atoms with van der Waals surface area (Å²) in [6.07, 6.45) is 0.556. The largest absolute Gasteiger partial charge is 0.504 e. The lowest BCUT2D eigenvalue weighted by molar-refractivity contribution is -0.245. The van der Waals surface area contributed by atoms with Gasteiger partial charge in [-0.15, -0.1) is 0 Å². The van der Waals surface area contributed by atoms with E-state index >= 15 is 0 Å². The maximum absolute atomic E-state index is 12.1. The van der Waals surface area contributed by atoms with E-state index in [2.05, 4.69) is 0 Å². The molecule has 0 aliphatic carbocycles. The van der Waals surface area contributed by atoms with Gasteiger partial charge in [0.15, 0.2) is 11.5 Å². The van der Waals surface area contributed by atoms with Gasteiger partial charge in [0.25, 0.3) is 0 Å². The van der Waals surface area contributed by atoms with Gasteiger partial charge in [-0.2, -0.15) is 0 Å². The number of rotatable bonds is 5. The van der Waals surface area contributed by atoms with Crippen molar-refractivity contribution < 1.29 is 33.7 Å². The van der Waals surface area contributed by atoms with Crippen LogP contribution in [0.5, 0.6) is 11.5 Å². The van der Waals surface area contributed by atoms with Crippen LogP contribution in [-0.2, 0) is 19.1 Å². The molecule has 1 aromatic rings. The molecule has 0 atom stereocenters. The standard InChI is InChI=1S/C18H24O7/c1-17(2,3)14(21)24-16(25-15(22)18(4,5)6)23-13-8-7-11(10-19)9-12(13)20/h7-10,16,20H,1-6H3. The first kappa shape index (κ1) is 20.5. The molecule has 0 saturated carbocycles. The third-order valence-corrected chi connectivity index (χ3v) is 2.97. The van der Waals surface area contributed by atoms with Gasteiger partial charge >= 0.3 is 18.4 Å². The van der Waals surface area contributed by atoms with E-state index in [1.807, 2.05) is 0 Å². The highest BCUT2D eigenvalue weighted by atomic mass is 16.9. The minimum absolute atomic E-state index is 0.0981. The highest BCUT2D eigenvalue weighted by Crippen LogP contribution is 2.29. The quantitative estimate of drug-likeness (QED) is 0.494. The molecule has 0 saturated heterocycles. The molecule has 138 valence electrons. The van der Waals surface area contributed by atoms with Crippen molar-refractivity contribution in [2.45, 2.75) is 48.0 Å². The van der Waals surface area contributed by atoms with E-state index in [9.17, 15) is 19.5 Å². The van der Waals surface area contributed by atoms with Crippen LogP contribution in [0, 0.1) is 10.8 Å². The SMILES string of the molecule is CC(C)(C)C(=O)OC(OC(=O)C(C)(C)C)Oc1ccc(C=O)cc1O. The number of phenols is 1. The van der Waals surface area contributed by atoms with Crippen molar-refractivity contribution in [3.8, 4) is 11.5 Å². The Labute approximate surface area is 146 Å². The molecule has 0 fully saturated rings. The lowest BCUT2D eigenvalue weighted by atomic mass is 9.97. The second kappa shape index (κ2) is 7.55.